The summed E-state index contributed by atoms with van der Waals surface area (Å²) in [7, 11) is 2.18. The van der Waals surface area contributed by atoms with Gasteiger partial charge < -0.3 is 4.90 Å². The lowest BCUT2D eigenvalue weighted by molar-refractivity contribution is 0.322. The van der Waals surface area contributed by atoms with Gasteiger partial charge in [-0.25, -0.2) is 0 Å². The molecule has 1 nitrogen and oxygen atoms in total. The van der Waals surface area contributed by atoms with E-state index in [-0.39, 0.29) is 0 Å². The van der Waals surface area contributed by atoms with E-state index in [2.05, 4.69) is 31.0 Å². The first-order valence-corrected chi connectivity index (χ1v) is 3.64. The predicted octanol–water partition coefficient (Wildman–Crippen LogP) is 1.51. The molecule has 0 bridgehead atoms. The maximum atomic E-state index is 2.38. The lowest BCUT2D eigenvalue weighted by Gasteiger charge is -2.14. The van der Waals surface area contributed by atoms with Crippen LogP contribution >= 0.6 is 0 Å². The van der Waals surface area contributed by atoms with Crippen molar-refractivity contribution in [2.24, 2.45) is 5.92 Å². The topological polar surface area (TPSA) is 3.24 Å². The zero-order valence-corrected chi connectivity index (χ0v) is 6.30. The summed E-state index contributed by atoms with van der Waals surface area (Å²) in [5.74, 6) is 0.748. The standard InChI is InChI=1S/C8H15N/c1-8-5-3-4-6-9(2)7-8/h3,5,8H,4,6-7H2,1-2H3. The van der Waals surface area contributed by atoms with Crippen molar-refractivity contribution in [2.75, 3.05) is 20.1 Å². The van der Waals surface area contributed by atoms with Crippen LogP contribution in [0.3, 0.4) is 0 Å². The second-order valence-electron chi connectivity index (χ2n) is 2.96. The zero-order chi connectivity index (χ0) is 6.69. The molecule has 1 atom stereocenters. The molecule has 0 fully saturated rings. The van der Waals surface area contributed by atoms with Crippen LogP contribution in [0.2, 0.25) is 0 Å². The molecule has 0 saturated carbocycles. The fourth-order valence-electron chi connectivity index (χ4n) is 1.27. The highest BCUT2D eigenvalue weighted by atomic mass is 15.1. The Kier molecular flexibility index (Phi) is 2.29. The average Bonchev–Trinajstić information content (AvgIpc) is 1.93. The van der Waals surface area contributed by atoms with Crippen LogP contribution in [0.4, 0.5) is 0 Å². The second kappa shape index (κ2) is 3.02. The van der Waals surface area contributed by atoms with E-state index in [4.69, 9.17) is 0 Å². The summed E-state index contributed by atoms with van der Waals surface area (Å²) in [6, 6.07) is 0. The van der Waals surface area contributed by atoms with E-state index in [0.717, 1.165) is 5.92 Å². The van der Waals surface area contributed by atoms with Crippen LogP contribution in [0.15, 0.2) is 12.2 Å². The molecule has 0 radical (unpaired) electrons. The van der Waals surface area contributed by atoms with Crippen molar-refractivity contribution in [3.05, 3.63) is 12.2 Å². The van der Waals surface area contributed by atoms with Crippen LogP contribution in [-0.4, -0.2) is 25.0 Å². The van der Waals surface area contributed by atoms with E-state index < -0.39 is 0 Å². The highest BCUT2D eigenvalue weighted by molar-refractivity contribution is 4.90. The molecule has 0 spiro atoms. The summed E-state index contributed by atoms with van der Waals surface area (Å²) in [5, 5.41) is 0. The Bertz CT molecular complexity index is 107. The summed E-state index contributed by atoms with van der Waals surface area (Å²) >= 11 is 0. The first-order valence-electron chi connectivity index (χ1n) is 3.64. The molecule has 9 heavy (non-hydrogen) atoms. The van der Waals surface area contributed by atoms with Crippen LogP contribution in [-0.2, 0) is 0 Å². The molecule has 1 rings (SSSR count). The van der Waals surface area contributed by atoms with Crippen LogP contribution in [0.5, 0.6) is 0 Å². The van der Waals surface area contributed by atoms with Crippen LogP contribution < -0.4 is 0 Å². The van der Waals surface area contributed by atoms with Crippen molar-refractivity contribution in [3.8, 4) is 0 Å². The summed E-state index contributed by atoms with van der Waals surface area (Å²) in [5.41, 5.74) is 0. The predicted molar refractivity (Wildman–Crippen MR) is 40.4 cm³/mol. The minimum atomic E-state index is 0.748. The van der Waals surface area contributed by atoms with E-state index >= 15 is 0 Å². The highest BCUT2D eigenvalue weighted by Gasteiger charge is 2.04. The van der Waals surface area contributed by atoms with Gasteiger partial charge in [-0.05, 0) is 19.4 Å². The molecule has 1 unspecified atom stereocenters. The molecule has 1 heteroatoms. The first kappa shape index (κ1) is 6.81. The van der Waals surface area contributed by atoms with Gasteiger partial charge in [0.2, 0.25) is 0 Å². The van der Waals surface area contributed by atoms with Crippen LogP contribution in [0, 0.1) is 5.92 Å². The molecule has 0 aromatic carbocycles. The monoisotopic (exact) mass is 125 g/mol. The zero-order valence-electron chi connectivity index (χ0n) is 6.30. The summed E-state index contributed by atoms with van der Waals surface area (Å²) in [6.45, 7) is 4.70. The van der Waals surface area contributed by atoms with Crippen molar-refractivity contribution in [2.45, 2.75) is 13.3 Å². The van der Waals surface area contributed by atoms with E-state index in [1.165, 1.54) is 19.5 Å². The molecule has 1 heterocycles. The van der Waals surface area contributed by atoms with Gasteiger partial charge in [-0.15, -0.1) is 0 Å². The first-order chi connectivity index (χ1) is 4.29. The van der Waals surface area contributed by atoms with E-state index in [9.17, 15) is 0 Å². The Morgan fingerprint density at radius 1 is 1.56 bits per heavy atom. The Morgan fingerprint density at radius 2 is 2.33 bits per heavy atom. The molecule has 0 saturated heterocycles. The molecule has 52 valence electrons. The van der Waals surface area contributed by atoms with Gasteiger partial charge in [-0.3, -0.25) is 0 Å². The smallest absolute Gasteiger partial charge is 0.00387 e. The normalized spacial score (nSPS) is 30.2. The Labute approximate surface area is 57.4 Å². The third-order valence-corrected chi connectivity index (χ3v) is 1.74. The Balaban J connectivity index is 2.40. The van der Waals surface area contributed by atoms with Crippen molar-refractivity contribution in [1.29, 1.82) is 0 Å². The molecule has 0 aliphatic carbocycles. The summed E-state index contributed by atoms with van der Waals surface area (Å²) < 4.78 is 0. The van der Waals surface area contributed by atoms with Gasteiger partial charge in [0, 0.05) is 13.1 Å². The quantitative estimate of drug-likeness (QED) is 0.444. The minimum Gasteiger partial charge on any atom is -0.305 e. The lowest BCUT2D eigenvalue weighted by atomic mass is 10.2. The second-order valence-corrected chi connectivity index (χ2v) is 2.96. The third-order valence-electron chi connectivity index (χ3n) is 1.74. The number of rotatable bonds is 0. The highest BCUT2D eigenvalue weighted by Crippen LogP contribution is 2.05. The van der Waals surface area contributed by atoms with Crippen molar-refractivity contribution in [1.82, 2.24) is 4.90 Å². The summed E-state index contributed by atoms with van der Waals surface area (Å²) in [6.07, 6.45) is 5.82. The van der Waals surface area contributed by atoms with E-state index in [0.29, 0.717) is 0 Å². The molecule has 1 aliphatic rings. The molecule has 0 aromatic heterocycles. The van der Waals surface area contributed by atoms with Crippen molar-refractivity contribution >= 4 is 0 Å². The van der Waals surface area contributed by atoms with Gasteiger partial charge in [-0.1, -0.05) is 19.1 Å². The maximum absolute atomic E-state index is 2.38. The Hall–Kier alpha value is -0.300. The fourth-order valence-corrected chi connectivity index (χ4v) is 1.27. The number of hydrogen-bond donors (Lipinski definition) is 0. The molecule has 0 amide bonds. The number of hydrogen-bond acceptors (Lipinski definition) is 1. The fraction of sp³-hybridized carbons (Fsp3) is 0.750. The number of nitrogens with zero attached hydrogens (tertiary/aromatic N) is 1. The largest absolute Gasteiger partial charge is 0.305 e. The lowest BCUT2D eigenvalue weighted by Crippen LogP contribution is -2.22. The van der Waals surface area contributed by atoms with Gasteiger partial charge in [-0.2, -0.15) is 0 Å². The minimum absolute atomic E-state index is 0.748. The molecule has 0 N–H and O–H groups in total. The Morgan fingerprint density at radius 3 is 3.11 bits per heavy atom. The SMILES string of the molecule is CC1C=CCCN(C)C1. The molecular formula is C8H15N. The third kappa shape index (κ3) is 2.19. The van der Waals surface area contributed by atoms with E-state index in [1.807, 2.05) is 0 Å². The van der Waals surface area contributed by atoms with Crippen molar-refractivity contribution in [3.63, 3.8) is 0 Å². The van der Waals surface area contributed by atoms with Gasteiger partial charge in [0.1, 0.15) is 0 Å². The van der Waals surface area contributed by atoms with Gasteiger partial charge in [0.15, 0.2) is 0 Å². The van der Waals surface area contributed by atoms with Crippen molar-refractivity contribution < 1.29 is 0 Å². The molecule has 1 aliphatic heterocycles. The van der Waals surface area contributed by atoms with E-state index in [1.54, 1.807) is 0 Å². The van der Waals surface area contributed by atoms with Crippen LogP contribution in [0.25, 0.3) is 0 Å². The maximum Gasteiger partial charge on any atom is 0.00387 e. The van der Waals surface area contributed by atoms with Crippen LogP contribution in [0.1, 0.15) is 13.3 Å². The van der Waals surface area contributed by atoms with Gasteiger partial charge >= 0.3 is 0 Å². The van der Waals surface area contributed by atoms with Gasteiger partial charge in [0.25, 0.3) is 0 Å². The van der Waals surface area contributed by atoms with Gasteiger partial charge in [0.05, 0.1) is 0 Å². The summed E-state index contributed by atoms with van der Waals surface area (Å²) in [4.78, 5) is 2.38. The molecular weight excluding hydrogens is 110 g/mol. The molecule has 0 aromatic rings. The average molecular weight is 125 g/mol.